The molecule has 1 heterocycles. The number of guanidine groups is 1. The number of hydrogen-bond acceptors (Lipinski definition) is 2. The second-order valence-electron chi connectivity index (χ2n) is 5.94. The summed E-state index contributed by atoms with van der Waals surface area (Å²) < 4.78 is 18.3. The van der Waals surface area contributed by atoms with E-state index in [1.165, 1.54) is 16.7 Å². The van der Waals surface area contributed by atoms with Crippen LogP contribution in [-0.4, -0.2) is 50.3 Å². The van der Waals surface area contributed by atoms with E-state index >= 15 is 0 Å². The van der Waals surface area contributed by atoms with Gasteiger partial charge in [0, 0.05) is 19.6 Å². The van der Waals surface area contributed by atoms with Crippen molar-refractivity contribution < 1.29 is 9.13 Å². The van der Waals surface area contributed by atoms with Crippen molar-refractivity contribution in [2.24, 2.45) is 4.99 Å². The molecule has 1 unspecified atom stereocenters. The molecule has 1 aliphatic heterocycles. The topological polar surface area (TPSA) is 36.9 Å². The first kappa shape index (κ1) is 17.7. The molecule has 1 atom stereocenters. The molecule has 0 amide bonds. The number of aliphatic imine (C=N–C) groups is 1. The number of hydrogen-bond donors (Lipinski definition) is 1. The first-order chi connectivity index (χ1) is 11.2. The molecule has 1 N–H and O–H groups in total. The predicted molar refractivity (Wildman–Crippen MR) is 92.8 cm³/mol. The Hall–Kier alpha value is -1.62. The van der Waals surface area contributed by atoms with Crippen molar-refractivity contribution in [2.45, 2.75) is 33.3 Å². The van der Waals surface area contributed by atoms with E-state index < -0.39 is 0 Å². The molecule has 1 aromatic rings. The van der Waals surface area contributed by atoms with Crippen LogP contribution < -0.4 is 5.32 Å². The second-order valence-corrected chi connectivity index (χ2v) is 5.94. The lowest BCUT2D eigenvalue weighted by Gasteiger charge is -2.36. The third kappa shape index (κ3) is 4.93. The highest BCUT2D eigenvalue weighted by molar-refractivity contribution is 5.80. The lowest BCUT2D eigenvalue weighted by Crippen LogP contribution is -2.48. The number of nitrogens with one attached hydrogen (secondary N) is 1. The van der Waals surface area contributed by atoms with Crippen molar-refractivity contribution in [3.8, 4) is 0 Å². The summed E-state index contributed by atoms with van der Waals surface area (Å²) in [6.07, 6.45) is 0.522. The Kier molecular flexibility index (Phi) is 6.84. The van der Waals surface area contributed by atoms with Crippen LogP contribution in [0.2, 0.25) is 0 Å². The van der Waals surface area contributed by atoms with Gasteiger partial charge in [-0.2, -0.15) is 0 Å². The standard InChI is InChI=1S/C18H28FN3O/c1-4-20-18(21-9-5-8-19)22-10-11-23-17(13-22)16-7-6-14(2)12-15(16)3/h6-7,12,17H,4-5,8-11,13H2,1-3H3,(H,20,21). The molecule has 23 heavy (non-hydrogen) atoms. The van der Waals surface area contributed by atoms with Crippen LogP contribution in [-0.2, 0) is 4.74 Å². The maximum absolute atomic E-state index is 12.3. The normalized spacial score (nSPS) is 19.0. The van der Waals surface area contributed by atoms with Gasteiger partial charge in [0.05, 0.1) is 19.8 Å². The summed E-state index contributed by atoms with van der Waals surface area (Å²) >= 11 is 0. The smallest absolute Gasteiger partial charge is 0.194 e. The van der Waals surface area contributed by atoms with E-state index in [-0.39, 0.29) is 12.8 Å². The van der Waals surface area contributed by atoms with Crippen molar-refractivity contribution in [3.05, 3.63) is 34.9 Å². The van der Waals surface area contributed by atoms with E-state index in [1.807, 2.05) is 6.92 Å². The summed E-state index contributed by atoms with van der Waals surface area (Å²) in [5.41, 5.74) is 3.76. The predicted octanol–water partition coefficient (Wildman–Crippen LogP) is 3.00. The van der Waals surface area contributed by atoms with Gasteiger partial charge < -0.3 is 15.0 Å². The third-order valence-corrected chi connectivity index (χ3v) is 4.03. The van der Waals surface area contributed by atoms with Crippen molar-refractivity contribution >= 4 is 5.96 Å². The second kappa shape index (κ2) is 8.87. The van der Waals surface area contributed by atoms with E-state index in [2.05, 4.69) is 47.3 Å². The average Bonchev–Trinajstić information content (AvgIpc) is 2.54. The zero-order valence-electron chi connectivity index (χ0n) is 14.4. The lowest BCUT2D eigenvalue weighted by atomic mass is 10.00. The van der Waals surface area contributed by atoms with Gasteiger partial charge in [0.2, 0.25) is 0 Å². The fourth-order valence-electron chi connectivity index (χ4n) is 2.89. The van der Waals surface area contributed by atoms with E-state index in [1.54, 1.807) is 0 Å². The summed E-state index contributed by atoms with van der Waals surface area (Å²) in [5.74, 6) is 0.860. The number of halogens is 1. The molecule has 1 fully saturated rings. The van der Waals surface area contributed by atoms with E-state index in [4.69, 9.17) is 4.74 Å². The van der Waals surface area contributed by atoms with Crippen LogP contribution in [0.1, 0.15) is 36.1 Å². The molecule has 1 aromatic carbocycles. The molecule has 0 bridgehead atoms. The minimum absolute atomic E-state index is 0.0504. The molecule has 1 saturated heterocycles. The zero-order valence-corrected chi connectivity index (χ0v) is 14.4. The molecule has 2 rings (SSSR count). The molecule has 5 heteroatoms. The van der Waals surface area contributed by atoms with Crippen molar-refractivity contribution in [3.63, 3.8) is 0 Å². The van der Waals surface area contributed by atoms with Crippen LogP contribution in [0.25, 0.3) is 0 Å². The fraction of sp³-hybridized carbons (Fsp3) is 0.611. The number of nitrogens with zero attached hydrogens (tertiary/aromatic N) is 2. The minimum atomic E-state index is -0.322. The van der Waals surface area contributed by atoms with Crippen LogP contribution in [0.4, 0.5) is 4.39 Å². The van der Waals surface area contributed by atoms with E-state index in [9.17, 15) is 4.39 Å². The molecule has 1 aliphatic rings. The van der Waals surface area contributed by atoms with Gasteiger partial charge in [-0.3, -0.25) is 9.38 Å². The SMILES string of the molecule is CCNC(=NCCCF)N1CCOC(c2ccc(C)cc2C)C1. The van der Waals surface area contributed by atoms with Gasteiger partial charge in [-0.25, -0.2) is 0 Å². The first-order valence-corrected chi connectivity index (χ1v) is 8.43. The van der Waals surface area contributed by atoms with E-state index in [0.717, 1.165) is 25.6 Å². The summed E-state index contributed by atoms with van der Waals surface area (Å²) in [5, 5.41) is 3.30. The summed E-state index contributed by atoms with van der Waals surface area (Å²) in [7, 11) is 0. The number of aryl methyl sites for hydroxylation is 2. The zero-order chi connectivity index (χ0) is 16.7. The Bertz CT molecular complexity index is 533. The molecule has 0 aromatic heterocycles. The van der Waals surface area contributed by atoms with Gasteiger partial charge in [-0.1, -0.05) is 23.8 Å². The maximum Gasteiger partial charge on any atom is 0.194 e. The first-order valence-electron chi connectivity index (χ1n) is 8.43. The molecular weight excluding hydrogens is 293 g/mol. The summed E-state index contributed by atoms with van der Waals surface area (Å²) in [6.45, 7) is 9.53. The molecule has 0 saturated carbocycles. The van der Waals surface area contributed by atoms with Gasteiger partial charge in [-0.15, -0.1) is 0 Å². The summed E-state index contributed by atoms with van der Waals surface area (Å²) in [4.78, 5) is 6.74. The quantitative estimate of drug-likeness (QED) is 0.514. The number of ether oxygens (including phenoxy) is 1. The Morgan fingerprint density at radius 3 is 2.96 bits per heavy atom. The fourth-order valence-corrected chi connectivity index (χ4v) is 2.89. The summed E-state index contributed by atoms with van der Waals surface area (Å²) in [6, 6.07) is 6.48. The van der Waals surface area contributed by atoms with Crippen LogP contribution >= 0.6 is 0 Å². The Morgan fingerprint density at radius 1 is 1.43 bits per heavy atom. The number of rotatable bonds is 5. The Balaban J connectivity index is 2.10. The van der Waals surface area contributed by atoms with Gasteiger partial charge in [-0.05, 0) is 38.3 Å². The number of morpholine rings is 1. The van der Waals surface area contributed by atoms with Crippen LogP contribution in [0.3, 0.4) is 0 Å². The lowest BCUT2D eigenvalue weighted by molar-refractivity contribution is -0.00833. The highest BCUT2D eigenvalue weighted by atomic mass is 19.1. The van der Waals surface area contributed by atoms with Gasteiger partial charge >= 0.3 is 0 Å². The Morgan fingerprint density at radius 2 is 2.26 bits per heavy atom. The highest BCUT2D eigenvalue weighted by Crippen LogP contribution is 2.25. The molecule has 0 radical (unpaired) electrons. The molecule has 128 valence electrons. The highest BCUT2D eigenvalue weighted by Gasteiger charge is 2.25. The van der Waals surface area contributed by atoms with E-state index in [0.29, 0.717) is 19.6 Å². The van der Waals surface area contributed by atoms with Crippen LogP contribution in [0.5, 0.6) is 0 Å². The molecule has 0 aliphatic carbocycles. The Labute approximate surface area is 138 Å². The molecule has 0 spiro atoms. The van der Waals surface area contributed by atoms with Crippen LogP contribution in [0, 0.1) is 13.8 Å². The molecular formula is C18H28FN3O. The van der Waals surface area contributed by atoms with Crippen molar-refractivity contribution in [2.75, 3.05) is 39.5 Å². The number of alkyl halides is 1. The van der Waals surface area contributed by atoms with Gasteiger partial charge in [0.15, 0.2) is 5.96 Å². The molecule has 4 nitrogen and oxygen atoms in total. The monoisotopic (exact) mass is 321 g/mol. The van der Waals surface area contributed by atoms with Crippen molar-refractivity contribution in [1.29, 1.82) is 0 Å². The van der Waals surface area contributed by atoms with Gasteiger partial charge in [0.1, 0.15) is 6.10 Å². The average molecular weight is 321 g/mol. The van der Waals surface area contributed by atoms with Gasteiger partial charge in [0.25, 0.3) is 0 Å². The maximum atomic E-state index is 12.3. The largest absolute Gasteiger partial charge is 0.370 e. The van der Waals surface area contributed by atoms with Crippen molar-refractivity contribution in [1.82, 2.24) is 10.2 Å². The van der Waals surface area contributed by atoms with Crippen LogP contribution in [0.15, 0.2) is 23.2 Å². The number of benzene rings is 1. The third-order valence-electron chi connectivity index (χ3n) is 4.03. The minimum Gasteiger partial charge on any atom is -0.370 e.